The fourth-order valence-electron chi connectivity index (χ4n) is 2.48. The monoisotopic (exact) mass is 335 g/mol. The molecular weight excluding hydrogens is 305 g/mol. The van der Waals surface area contributed by atoms with E-state index in [4.69, 9.17) is 9.26 Å². The normalized spacial score (nSPS) is 20.2. The SMILES string of the molecule is CCCOC(C)(C)C(=O)N1CCN(P(=O)(OC)N(C)C)CC1. The zero-order valence-corrected chi connectivity index (χ0v) is 15.6. The van der Waals surface area contributed by atoms with Crippen molar-refractivity contribution in [3.8, 4) is 0 Å². The van der Waals surface area contributed by atoms with Crippen LogP contribution in [0, 0.1) is 0 Å². The summed E-state index contributed by atoms with van der Waals surface area (Å²) < 4.78 is 27.1. The zero-order valence-electron chi connectivity index (χ0n) is 14.7. The van der Waals surface area contributed by atoms with Crippen LogP contribution in [0.1, 0.15) is 27.2 Å². The lowest BCUT2D eigenvalue weighted by atomic mass is 10.1. The van der Waals surface area contributed by atoms with Gasteiger partial charge in [0, 0.05) is 39.9 Å². The minimum atomic E-state index is -2.97. The maximum absolute atomic E-state index is 12.8. The summed E-state index contributed by atoms with van der Waals surface area (Å²) >= 11 is 0. The van der Waals surface area contributed by atoms with Crippen LogP contribution < -0.4 is 0 Å². The van der Waals surface area contributed by atoms with Crippen LogP contribution in [-0.4, -0.2) is 79.7 Å². The van der Waals surface area contributed by atoms with Crippen molar-refractivity contribution in [1.29, 1.82) is 0 Å². The molecule has 130 valence electrons. The molecule has 0 bridgehead atoms. The molecule has 0 aliphatic carbocycles. The number of rotatable bonds is 7. The van der Waals surface area contributed by atoms with Crippen LogP contribution in [0.5, 0.6) is 0 Å². The number of nitrogens with zero attached hydrogens (tertiary/aromatic N) is 3. The zero-order chi connectivity index (χ0) is 17.0. The van der Waals surface area contributed by atoms with Crippen molar-refractivity contribution in [2.24, 2.45) is 0 Å². The molecule has 7 nitrogen and oxygen atoms in total. The van der Waals surface area contributed by atoms with Gasteiger partial charge in [-0.15, -0.1) is 0 Å². The molecule has 1 saturated heterocycles. The van der Waals surface area contributed by atoms with E-state index in [9.17, 15) is 9.36 Å². The Labute approximate surface area is 134 Å². The summed E-state index contributed by atoms with van der Waals surface area (Å²) in [6.07, 6.45) is 0.879. The first-order chi connectivity index (χ1) is 10.2. The summed E-state index contributed by atoms with van der Waals surface area (Å²) in [5.41, 5.74) is -0.815. The highest BCUT2D eigenvalue weighted by molar-refractivity contribution is 7.53. The molecular formula is C14H30N3O4P. The number of amides is 1. The van der Waals surface area contributed by atoms with Gasteiger partial charge in [-0.3, -0.25) is 9.36 Å². The highest BCUT2D eigenvalue weighted by Gasteiger charge is 2.39. The van der Waals surface area contributed by atoms with E-state index < -0.39 is 13.3 Å². The fraction of sp³-hybridized carbons (Fsp3) is 0.929. The van der Waals surface area contributed by atoms with Crippen LogP contribution in [0.3, 0.4) is 0 Å². The summed E-state index contributed by atoms with van der Waals surface area (Å²) in [7, 11) is 1.97. The van der Waals surface area contributed by atoms with Crippen molar-refractivity contribution < 1.29 is 18.6 Å². The largest absolute Gasteiger partial charge is 0.366 e. The first kappa shape index (κ1) is 19.6. The average Bonchev–Trinajstić information content (AvgIpc) is 2.51. The second-order valence-corrected chi connectivity index (χ2v) is 8.84. The maximum Gasteiger partial charge on any atom is 0.345 e. The van der Waals surface area contributed by atoms with Crippen molar-refractivity contribution >= 4 is 13.6 Å². The summed E-state index contributed by atoms with van der Waals surface area (Å²) in [5, 5.41) is 0. The van der Waals surface area contributed by atoms with Crippen molar-refractivity contribution in [2.75, 3.05) is 54.0 Å². The van der Waals surface area contributed by atoms with Crippen molar-refractivity contribution in [3.05, 3.63) is 0 Å². The Bertz CT molecular complexity index is 420. The third-order valence-corrected chi connectivity index (χ3v) is 6.43. The molecule has 1 heterocycles. The molecule has 0 N–H and O–H groups in total. The Kier molecular flexibility index (Phi) is 7.02. The molecule has 8 heteroatoms. The van der Waals surface area contributed by atoms with Gasteiger partial charge in [0.2, 0.25) is 0 Å². The summed E-state index contributed by atoms with van der Waals surface area (Å²) in [6, 6.07) is 0. The van der Waals surface area contributed by atoms with Crippen LogP contribution in [0.15, 0.2) is 0 Å². The first-order valence-electron chi connectivity index (χ1n) is 7.71. The summed E-state index contributed by atoms with van der Waals surface area (Å²) in [4.78, 5) is 14.3. The van der Waals surface area contributed by atoms with Crippen molar-refractivity contribution in [3.63, 3.8) is 0 Å². The van der Waals surface area contributed by atoms with E-state index in [1.807, 2.05) is 11.6 Å². The van der Waals surface area contributed by atoms with Crippen LogP contribution in [-0.2, 0) is 18.6 Å². The van der Waals surface area contributed by atoms with Gasteiger partial charge < -0.3 is 14.2 Å². The minimum Gasteiger partial charge on any atom is -0.366 e. The van der Waals surface area contributed by atoms with E-state index >= 15 is 0 Å². The molecule has 0 aromatic carbocycles. The highest BCUT2D eigenvalue weighted by Crippen LogP contribution is 2.51. The second-order valence-electron chi connectivity index (χ2n) is 6.13. The summed E-state index contributed by atoms with van der Waals surface area (Å²) in [6.45, 7) is 8.30. The molecule has 1 fully saturated rings. The Morgan fingerprint density at radius 2 is 1.77 bits per heavy atom. The molecule has 0 spiro atoms. The average molecular weight is 335 g/mol. The van der Waals surface area contributed by atoms with Gasteiger partial charge in [0.15, 0.2) is 0 Å². The lowest BCUT2D eigenvalue weighted by Crippen LogP contribution is -2.54. The standard InChI is InChI=1S/C14H30N3O4P/c1-7-12-21-14(2,3)13(18)16-8-10-17(11-9-16)22(19,20-6)15(4)5/h7-12H2,1-6H3. The highest BCUT2D eigenvalue weighted by atomic mass is 31.2. The molecule has 0 aromatic heterocycles. The predicted molar refractivity (Wildman–Crippen MR) is 86.8 cm³/mol. The molecule has 1 amide bonds. The van der Waals surface area contributed by atoms with Gasteiger partial charge in [0.05, 0.1) is 0 Å². The van der Waals surface area contributed by atoms with Crippen molar-refractivity contribution in [2.45, 2.75) is 32.8 Å². The van der Waals surface area contributed by atoms with Gasteiger partial charge in [-0.25, -0.2) is 9.34 Å². The number of ether oxygens (including phenoxy) is 1. The molecule has 1 atom stereocenters. The van der Waals surface area contributed by atoms with E-state index in [-0.39, 0.29) is 5.91 Å². The third-order valence-electron chi connectivity index (χ3n) is 3.83. The van der Waals surface area contributed by atoms with Gasteiger partial charge in [0.25, 0.3) is 5.91 Å². The van der Waals surface area contributed by atoms with Gasteiger partial charge in [-0.05, 0) is 34.4 Å². The third kappa shape index (κ3) is 4.30. The predicted octanol–water partition coefficient (Wildman–Crippen LogP) is 1.65. The van der Waals surface area contributed by atoms with E-state index in [2.05, 4.69) is 0 Å². The molecule has 1 rings (SSSR count). The van der Waals surface area contributed by atoms with Crippen molar-refractivity contribution in [1.82, 2.24) is 14.2 Å². The lowest BCUT2D eigenvalue weighted by molar-refractivity contribution is -0.155. The number of carbonyl (C=O) groups excluding carboxylic acids is 1. The molecule has 0 aromatic rings. The minimum absolute atomic E-state index is 0.0160. The van der Waals surface area contributed by atoms with Crippen LogP contribution >= 0.6 is 7.67 Å². The summed E-state index contributed by atoms with van der Waals surface area (Å²) in [5.74, 6) is -0.0160. The van der Waals surface area contributed by atoms with Crippen LogP contribution in [0.2, 0.25) is 0 Å². The lowest BCUT2D eigenvalue weighted by Gasteiger charge is -2.41. The Hall–Kier alpha value is -0.460. The second kappa shape index (κ2) is 7.88. The quantitative estimate of drug-likeness (QED) is 0.659. The molecule has 0 saturated carbocycles. The molecule has 1 unspecified atom stereocenters. The van der Waals surface area contributed by atoms with Gasteiger partial charge in [0.1, 0.15) is 5.60 Å². The number of carbonyl (C=O) groups is 1. The Balaban J connectivity index is 2.65. The maximum atomic E-state index is 12.8. The number of hydrogen-bond donors (Lipinski definition) is 0. The van der Waals surface area contributed by atoms with E-state index in [1.165, 1.54) is 7.11 Å². The molecule has 1 aliphatic heterocycles. The Morgan fingerprint density at radius 1 is 1.23 bits per heavy atom. The Morgan fingerprint density at radius 3 is 2.18 bits per heavy atom. The van der Waals surface area contributed by atoms with Gasteiger partial charge in [-0.1, -0.05) is 6.92 Å². The smallest absolute Gasteiger partial charge is 0.345 e. The molecule has 0 radical (unpaired) electrons. The van der Waals surface area contributed by atoms with E-state index in [0.717, 1.165) is 6.42 Å². The van der Waals surface area contributed by atoms with E-state index in [0.29, 0.717) is 32.8 Å². The number of piperazine rings is 1. The molecule has 22 heavy (non-hydrogen) atoms. The van der Waals surface area contributed by atoms with Gasteiger partial charge in [-0.2, -0.15) is 0 Å². The molecule has 1 aliphatic rings. The fourth-order valence-corrected chi connectivity index (χ4v) is 4.23. The van der Waals surface area contributed by atoms with Crippen LogP contribution in [0.4, 0.5) is 0 Å². The number of hydrogen-bond acceptors (Lipinski definition) is 4. The van der Waals surface area contributed by atoms with E-state index in [1.54, 1.807) is 37.5 Å². The topological polar surface area (TPSA) is 62.3 Å². The van der Waals surface area contributed by atoms with Gasteiger partial charge >= 0.3 is 7.67 Å². The first-order valence-corrected chi connectivity index (χ1v) is 9.24. The van der Waals surface area contributed by atoms with Crippen LogP contribution in [0.25, 0.3) is 0 Å².